The first-order valence-corrected chi connectivity index (χ1v) is 15.0. The Hall–Kier alpha value is -3.59. The first-order valence-electron chi connectivity index (χ1n) is 12.8. The molecule has 1 aliphatic heterocycles. The Labute approximate surface area is 261 Å². The standard InChI is InChI=1S/C28H26Cl2F3N3O7S/c1-27(2,3)43-26(38)35-10-11-42-25-18(6-5-7-21(25)35)24(37)23-22(12-16(29)14-34-23)36(15-41-4)44(39,40)17-8-9-20(30)19(13-17)28(31,32)33/h5-9,12-14H,10-11,15H2,1-4H3. The maximum Gasteiger partial charge on any atom is 0.417 e. The SMILES string of the molecule is COCN(c1cc(Cl)cnc1C(=O)c1cccc2c1OCCN2C(=O)OC(C)(C)C)S(=O)(=O)c1ccc(Cl)c(C(F)(F)F)c1. The number of nitrogens with zero attached hydrogens (tertiary/aromatic N) is 3. The summed E-state index contributed by atoms with van der Waals surface area (Å²) < 4.78 is 85.1. The number of alkyl halides is 3. The van der Waals surface area contributed by atoms with Crippen molar-refractivity contribution in [2.24, 2.45) is 0 Å². The Kier molecular flexibility index (Phi) is 9.40. The number of sulfonamides is 1. The van der Waals surface area contributed by atoms with Crippen LogP contribution in [0.3, 0.4) is 0 Å². The van der Waals surface area contributed by atoms with Gasteiger partial charge in [0, 0.05) is 13.3 Å². The molecule has 0 radical (unpaired) electrons. The number of ether oxygens (including phenoxy) is 3. The van der Waals surface area contributed by atoms with Gasteiger partial charge >= 0.3 is 12.3 Å². The molecule has 0 saturated carbocycles. The monoisotopic (exact) mass is 675 g/mol. The number of benzene rings is 2. The van der Waals surface area contributed by atoms with Gasteiger partial charge in [-0.2, -0.15) is 13.2 Å². The molecule has 0 bridgehead atoms. The second-order valence-corrected chi connectivity index (χ2v) is 13.1. The number of hydrogen-bond donors (Lipinski definition) is 0. The van der Waals surface area contributed by atoms with E-state index in [0.717, 1.165) is 31.5 Å². The van der Waals surface area contributed by atoms with Crippen molar-refractivity contribution in [1.29, 1.82) is 0 Å². The third kappa shape index (κ3) is 6.88. The van der Waals surface area contributed by atoms with Crippen molar-refractivity contribution < 1.29 is 45.4 Å². The van der Waals surface area contributed by atoms with Gasteiger partial charge in [0.2, 0.25) is 5.78 Å². The van der Waals surface area contributed by atoms with Gasteiger partial charge < -0.3 is 14.2 Å². The van der Waals surface area contributed by atoms with Crippen molar-refractivity contribution in [2.75, 3.05) is 36.2 Å². The normalized spacial score (nSPS) is 13.6. The minimum Gasteiger partial charge on any atom is -0.489 e. The van der Waals surface area contributed by atoms with E-state index in [4.69, 9.17) is 37.4 Å². The van der Waals surface area contributed by atoms with E-state index in [2.05, 4.69) is 4.98 Å². The topological polar surface area (TPSA) is 115 Å². The number of carbonyl (C=O) groups is 2. The number of pyridine rings is 1. The number of fused-ring (bicyclic) bond motifs is 1. The summed E-state index contributed by atoms with van der Waals surface area (Å²) in [5.74, 6) is -0.811. The molecule has 0 saturated heterocycles. The Morgan fingerprint density at radius 2 is 1.82 bits per heavy atom. The molecule has 0 N–H and O–H groups in total. The molecule has 3 aromatic rings. The molecular weight excluding hydrogens is 650 g/mol. The van der Waals surface area contributed by atoms with Crippen LogP contribution in [-0.2, 0) is 25.7 Å². The number of carbonyl (C=O) groups excluding carboxylic acids is 2. The van der Waals surface area contributed by atoms with Gasteiger partial charge in [0.15, 0.2) is 5.75 Å². The second-order valence-electron chi connectivity index (χ2n) is 10.4. The molecule has 1 amide bonds. The minimum atomic E-state index is -4.95. The van der Waals surface area contributed by atoms with E-state index >= 15 is 0 Å². The van der Waals surface area contributed by atoms with Gasteiger partial charge in [-0.3, -0.25) is 9.69 Å². The van der Waals surface area contributed by atoms with Crippen LogP contribution in [0.2, 0.25) is 10.0 Å². The first kappa shape index (κ1) is 33.3. The molecule has 2 aromatic carbocycles. The summed E-state index contributed by atoms with van der Waals surface area (Å²) in [4.78, 5) is 31.5. The fourth-order valence-electron chi connectivity index (χ4n) is 4.25. The molecule has 2 heterocycles. The Bertz CT molecular complexity index is 1710. The average Bonchev–Trinajstić information content (AvgIpc) is 2.93. The van der Waals surface area contributed by atoms with E-state index in [1.54, 1.807) is 26.8 Å². The molecular formula is C28H26Cl2F3N3O7S. The van der Waals surface area contributed by atoms with Crippen molar-refractivity contribution >= 4 is 56.5 Å². The molecule has 1 aliphatic rings. The summed E-state index contributed by atoms with van der Waals surface area (Å²) in [6.45, 7) is 4.52. The van der Waals surface area contributed by atoms with E-state index in [-0.39, 0.29) is 40.9 Å². The fraction of sp³-hybridized carbons (Fsp3) is 0.321. The number of halogens is 5. The van der Waals surface area contributed by atoms with Gasteiger partial charge in [-0.15, -0.1) is 0 Å². The van der Waals surface area contributed by atoms with Gasteiger partial charge in [-0.25, -0.2) is 22.5 Å². The summed E-state index contributed by atoms with van der Waals surface area (Å²) in [5.41, 5.74) is -2.84. The highest BCUT2D eigenvalue weighted by molar-refractivity contribution is 7.92. The summed E-state index contributed by atoms with van der Waals surface area (Å²) >= 11 is 11.8. The van der Waals surface area contributed by atoms with Crippen LogP contribution in [0.5, 0.6) is 5.75 Å². The van der Waals surface area contributed by atoms with Crippen molar-refractivity contribution in [3.8, 4) is 5.75 Å². The van der Waals surface area contributed by atoms with Crippen LogP contribution in [0, 0.1) is 0 Å². The van der Waals surface area contributed by atoms with E-state index in [1.807, 2.05) is 0 Å². The lowest BCUT2D eigenvalue weighted by Gasteiger charge is -2.32. The smallest absolute Gasteiger partial charge is 0.417 e. The number of rotatable bonds is 7. The number of para-hydroxylation sites is 1. The van der Waals surface area contributed by atoms with E-state index in [9.17, 15) is 31.2 Å². The molecule has 0 fully saturated rings. The number of anilines is 2. The van der Waals surface area contributed by atoms with Crippen LogP contribution in [0.1, 0.15) is 42.4 Å². The van der Waals surface area contributed by atoms with Gasteiger partial charge in [0.1, 0.15) is 24.6 Å². The molecule has 16 heteroatoms. The highest BCUT2D eigenvalue weighted by Gasteiger charge is 2.37. The molecule has 10 nitrogen and oxygen atoms in total. The zero-order valence-corrected chi connectivity index (χ0v) is 26.1. The number of amides is 1. The summed E-state index contributed by atoms with van der Waals surface area (Å²) in [6.07, 6.45) is -4.52. The predicted octanol–water partition coefficient (Wildman–Crippen LogP) is 6.57. The third-order valence-electron chi connectivity index (χ3n) is 6.10. The molecule has 0 aliphatic carbocycles. The maximum atomic E-state index is 14.0. The number of aromatic nitrogens is 1. The number of methoxy groups -OCH3 is 1. The average molecular weight is 676 g/mol. The zero-order valence-electron chi connectivity index (χ0n) is 23.7. The van der Waals surface area contributed by atoms with Crippen LogP contribution in [-0.4, -0.2) is 57.9 Å². The third-order valence-corrected chi connectivity index (χ3v) is 8.37. The van der Waals surface area contributed by atoms with Crippen molar-refractivity contribution in [2.45, 2.75) is 37.4 Å². The fourth-order valence-corrected chi connectivity index (χ4v) is 6.03. The maximum absolute atomic E-state index is 14.0. The molecule has 4 rings (SSSR count). The second kappa shape index (κ2) is 12.4. The number of ketones is 1. The summed E-state index contributed by atoms with van der Waals surface area (Å²) in [6, 6.07) is 7.62. The summed E-state index contributed by atoms with van der Waals surface area (Å²) in [5, 5.41) is -0.785. The van der Waals surface area contributed by atoms with Gasteiger partial charge in [0.05, 0.1) is 44.0 Å². The Morgan fingerprint density at radius 3 is 2.45 bits per heavy atom. The highest BCUT2D eigenvalue weighted by atomic mass is 35.5. The molecule has 0 spiro atoms. The Balaban J connectivity index is 1.83. The lowest BCUT2D eigenvalue weighted by Crippen LogP contribution is -2.41. The highest BCUT2D eigenvalue weighted by Crippen LogP contribution is 2.40. The molecule has 1 aromatic heterocycles. The Morgan fingerprint density at radius 1 is 1.11 bits per heavy atom. The van der Waals surface area contributed by atoms with Crippen LogP contribution in [0.15, 0.2) is 53.6 Å². The van der Waals surface area contributed by atoms with Crippen molar-refractivity contribution in [3.05, 3.63) is 75.5 Å². The predicted molar refractivity (Wildman–Crippen MR) is 156 cm³/mol. The van der Waals surface area contributed by atoms with Crippen molar-refractivity contribution in [1.82, 2.24) is 4.98 Å². The molecule has 0 atom stereocenters. The molecule has 0 unspecified atom stereocenters. The molecule has 44 heavy (non-hydrogen) atoms. The lowest BCUT2D eigenvalue weighted by molar-refractivity contribution is -0.137. The van der Waals surface area contributed by atoms with Gasteiger partial charge in [0.25, 0.3) is 10.0 Å². The number of hydrogen-bond acceptors (Lipinski definition) is 8. The quantitative estimate of drug-likeness (QED) is 0.204. The van der Waals surface area contributed by atoms with Crippen molar-refractivity contribution in [3.63, 3.8) is 0 Å². The van der Waals surface area contributed by atoms with Crippen LogP contribution >= 0.6 is 23.2 Å². The van der Waals surface area contributed by atoms with Crippen LogP contribution < -0.4 is 13.9 Å². The lowest BCUT2D eigenvalue weighted by atomic mass is 10.0. The van der Waals surface area contributed by atoms with Crippen LogP contribution in [0.4, 0.5) is 29.3 Å². The van der Waals surface area contributed by atoms with E-state index < -0.39 is 61.6 Å². The minimum absolute atomic E-state index is 0.0136. The van der Waals surface area contributed by atoms with E-state index in [1.165, 1.54) is 17.0 Å². The first-order chi connectivity index (χ1) is 20.5. The van der Waals surface area contributed by atoms with Gasteiger partial charge in [-0.1, -0.05) is 29.3 Å². The summed E-state index contributed by atoms with van der Waals surface area (Å²) in [7, 11) is -3.68. The largest absolute Gasteiger partial charge is 0.489 e. The zero-order chi connectivity index (χ0) is 32.6. The van der Waals surface area contributed by atoms with Crippen LogP contribution in [0.25, 0.3) is 0 Å². The molecule has 236 valence electrons. The van der Waals surface area contributed by atoms with E-state index in [0.29, 0.717) is 10.4 Å². The van der Waals surface area contributed by atoms with Gasteiger partial charge in [-0.05, 0) is 57.2 Å².